The molecule has 0 unspecified atom stereocenters. The molecule has 0 saturated heterocycles. The molecular formula is C17H12F2N2OS2. The second-order valence-electron chi connectivity index (χ2n) is 4.81. The molecule has 3 aromatic rings. The number of nitrogens with one attached hydrogen (secondary N) is 1. The molecular weight excluding hydrogens is 350 g/mol. The lowest BCUT2D eigenvalue weighted by atomic mass is 10.2. The summed E-state index contributed by atoms with van der Waals surface area (Å²) in [5.74, 6) is -0.828. The highest BCUT2D eigenvalue weighted by molar-refractivity contribution is 8.00. The Kier molecular flexibility index (Phi) is 5.22. The number of rotatable bonds is 5. The van der Waals surface area contributed by atoms with Gasteiger partial charge in [-0.2, -0.15) is 0 Å². The minimum absolute atomic E-state index is 0.0897. The number of carbonyl (C=O) groups excluding carboxylic acids is 1. The summed E-state index contributed by atoms with van der Waals surface area (Å²) >= 11 is 2.41. The average Bonchev–Trinajstić information content (AvgIpc) is 3.03. The summed E-state index contributed by atoms with van der Waals surface area (Å²) in [5.41, 5.74) is 1.44. The number of thiazole rings is 1. The summed E-state index contributed by atoms with van der Waals surface area (Å²) in [5, 5.41) is 4.92. The van der Waals surface area contributed by atoms with E-state index in [1.807, 2.05) is 0 Å². The number of anilines is 1. The zero-order valence-corrected chi connectivity index (χ0v) is 14.0. The van der Waals surface area contributed by atoms with E-state index in [0.717, 1.165) is 17.3 Å². The van der Waals surface area contributed by atoms with Crippen LogP contribution in [0.4, 0.5) is 13.9 Å². The monoisotopic (exact) mass is 362 g/mol. The highest BCUT2D eigenvalue weighted by atomic mass is 32.2. The number of aromatic nitrogens is 1. The van der Waals surface area contributed by atoms with Gasteiger partial charge in [0.05, 0.1) is 11.4 Å². The lowest BCUT2D eigenvalue weighted by Gasteiger charge is -2.03. The van der Waals surface area contributed by atoms with Crippen LogP contribution in [0.1, 0.15) is 0 Å². The van der Waals surface area contributed by atoms with Gasteiger partial charge in [-0.05, 0) is 36.4 Å². The number of amides is 1. The fourth-order valence-electron chi connectivity index (χ4n) is 1.94. The van der Waals surface area contributed by atoms with Crippen LogP contribution >= 0.6 is 23.1 Å². The summed E-state index contributed by atoms with van der Waals surface area (Å²) in [6.45, 7) is 0. The number of hydrogen-bond acceptors (Lipinski definition) is 4. The van der Waals surface area contributed by atoms with E-state index in [-0.39, 0.29) is 23.3 Å². The maximum atomic E-state index is 13.5. The van der Waals surface area contributed by atoms with Crippen molar-refractivity contribution in [2.45, 2.75) is 4.90 Å². The minimum Gasteiger partial charge on any atom is -0.301 e. The van der Waals surface area contributed by atoms with Crippen molar-refractivity contribution in [3.05, 3.63) is 65.5 Å². The van der Waals surface area contributed by atoms with Crippen molar-refractivity contribution in [2.24, 2.45) is 0 Å². The van der Waals surface area contributed by atoms with Gasteiger partial charge in [0.2, 0.25) is 5.91 Å². The molecule has 3 rings (SSSR count). The van der Waals surface area contributed by atoms with Gasteiger partial charge in [0.15, 0.2) is 5.13 Å². The molecule has 0 saturated carbocycles. The zero-order chi connectivity index (χ0) is 16.9. The van der Waals surface area contributed by atoms with Crippen molar-refractivity contribution in [1.29, 1.82) is 0 Å². The molecule has 122 valence electrons. The molecule has 0 atom stereocenters. The van der Waals surface area contributed by atoms with Crippen LogP contribution in [-0.4, -0.2) is 16.6 Å². The molecule has 7 heteroatoms. The molecule has 3 nitrogen and oxygen atoms in total. The molecule has 24 heavy (non-hydrogen) atoms. The Labute approximate surface area is 145 Å². The fourth-order valence-corrected chi connectivity index (χ4v) is 3.42. The van der Waals surface area contributed by atoms with Crippen molar-refractivity contribution in [1.82, 2.24) is 4.98 Å². The lowest BCUT2D eigenvalue weighted by molar-refractivity contribution is -0.113. The molecule has 1 heterocycles. The third kappa shape index (κ3) is 4.18. The van der Waals surface area contributed by atoms with Crippen molar-refractivity contribution < 1.29 is 13.6 Å². The van der Waals surface area contributed by atoms with Crippen molar-refractivity contribution in [3.8, 4) is 11.3 Å². The van der Waals surface area contributed by atoms with E-state index in [0.29, 0.717) is 15.7 Å². The Morgan fingerprint density at radius 3 is 2.62 bits per heavy atom. The van der Waals surface area contributed by atoms with Crippen LogP contribution in [0.15, 0.2) is 58.8 Å². The van der Waals surface area contributed by atoms with Gasteiger partial charge in [-0.25, -0.2) is 13.8 Å². The van der Waals surface area contributed by atoms with Gasteiger partial charge in [0, 0.05) is 15.8 Å². The summed E-state index contributed by atoms with van der Waals surface area (Å²) in [6.07, 6.45) is 0. The Balaban J connectivity index is 1.59. The highest BCUT2D eigenvalue weighted by Crippen LogP contribution is 2.26. The van der Waals surface area contributed by atoms with Gasteiger partial charge < -0.3 is 5.32 Å². The maximum Gasteiger partial charge on any atom is 0.236 e. The topological polar surface area (TPSA) is 42.0 Å². The standard InChI is InChI=1S/C17H12F2N2OS2/c18-12-7-5-11(6-8-12)14-9-24-17(20-14)21-16(22)10-23-15-4-2-1-3-13(15)19/h1-9H,10H2,(H,20,21,22). The first-order valence-electron chi connectivity index (χ1n) is 7.00. The summed E-state index contributed by atoms with van der Waals surface area (Å²) in [6, 6.07) is 12.3. The Morgan fingerprint density at radius 1 is 1.12 bits per heavy atom. The molecule has 0 spiro atoms. The summed E-state index contributed by atoms with van der Waals surface area (Å²) in [7, 11) is 0. The zero-order valence-electron chi connectivity index (χ0n) is 12.3. The van der Waals surface area contributed by atoms with Crippen molar-refractivity contribution in [2.75, 3.05) is 11.1 Å². The molecule has 0 aliphatic heterocycles. The first kappa shape index (κ1) is 16.6. The van der Waals surface area contributed by atoms with Crippen LogP contribution in [-0.2, 0) is 4.79 Å². The normalized spacial score (nSPS) is 10.6. The highest BCUT2D eigenvalue weighted by Gasteiger charge is 2.10. The van der Waals surface area contributed by atoms with E-state index in [9.17, 15) is 13.6 Å². The molecule has 0 bridgehead atoms. The SMILES string of the molecule is O=C(CSc1ccccc1F)Nc1nc(-c2ccc(F)cc2)cs1. The first-order chi connectivity index (χ1) is 11.6. The van der Waals surface area contributed by atoms with Gasteiger partial charge in [-0.3, -0.25) is 4.79 Å². The van der Waals surface area contributed by atoms with Crippen molar-refractivity contribution >= 4 is 34.1 Å². The van der Waals surface area contributed by atoms with E-state index in [4.69, 9.17) is 0 Å². The van der Waals surface area contributed by atoms with Crippen LogP contribution < -0.4 is 5.32 Å². The van der Waals surface area contributed by atoms with E-state index in [1.54, 1.807) is 35.7 Å². The lowest BCUT2D eigenvalue weighted by Crippen LogP contribution is -2.13. The number of thioether (sulfide) groups is 1. The number of benzene rings is 2. The van der Waals surface area contributed by atoms with Gasteiger partial charge >= 0.3 is 0 Å². The van der Waals surface area contributed by atoms with Crippen LogP contribution in [0, 0.1) is 11.6 Å². The second kappa shape index (κ2) is 7.55. The van der Waals surface area contributed by atoms with Gasteiger partial charge in [-0.1, -0.05) is 12.1 Å². The second-order valence-corrected chi connectivity index (χ2v) is 6.69. The van der Waals surface area contributed by atoms with E-state index in [2.05, 4.69) is 10.3 Å². The summed E-state index contributed by atoms with van der Waals surface area (Å²) in [4.78, 5) is 16.7. The molecule has 1 aromatic heterocycles. The van der Waals surface area contributed by atoms with E-state index < -0.39 is 0 Å². The molecule has 0 radical (unpaired) electrons. The third-order valence-corrected chi connectivity index (χ3v) is 4.89. The first-order valence-corrected chi connectivity index (χ1v) is 8.87. The Bertz CT molecular complexity index is 850. The predicted molar refractivity (Wildman–Crippen MR) is 93.3 cm³/mol. The molecule has 0 aliphatic carbocycles. The Morgan fingerprint density at radius 2 is 1.88 bits per heavy atom. The average molecular weight is 362 g/mol. The van der Waals surface area contributed by atoms with Crippen LogP contribution in [0.2, 0.25) is 0 Å². The summed E-state index contributed by atoms with van der Waals surface area (Å²) < 4.78 is 26.4. The molecule has 1 N–H and O–H groups in total. The molecule has 0 aliphatic rings. The number of hydrogen-bond donors (Lipinski definition) is 1. The van der Waals surface area contributed by atoms with Crippen molar-refractivity contribution in [3.63, 3.8) is 0 Å². The van der Waals surface area contributed by atoms with Gasteiger partial charge in [-0.15, -0.1) is 23.1 Å². The fraction of sp³-hybridized carbons (Fsp3) is 0.0588. The predicted octanol–water partition coefficient (Wildman–Crippen LogP) is 4.82. The van der Waals surface area contributed by atoms with E-state index >= 15 is 0 Å². The Hall–Kier alpha value is -2.25. The number of nitrogens with zero attached hydrogens (tertiary/aromatic N) is 1. The number of halogens is 2. The van der Waals surface area contributed by atoms with Crippen LogP contribution in [0.5, 0.6) is 0 Å². The van der Waals surface area contributed by atoms with Gasteiger partial charge in [0.25, 0.3) is 0 Å². The van der Waals surface area contributed by atoms with E-state index in [1.165, 1.54) is 29.5 Å². The minimum atomic E-state index is -0.344. The quantitative estimate of drug-likeness (QED) is 0.662. The molecule has 2 aromatic carbocycles. The molecule has 1 amide bonds. The number of carbonyl (C=O) groups is 1. The van der Waals surface area contributed by atoms with Crippen LogP contribution in [0.3, 0.4) is 0 Å². The smallest absolute Gasteiger partial charge is 0.236 e. The van der Waals surface area contributed by atoms with Gasteiger partial charge in [0.1, 0.15) is 11.6 Å². The van der Waals surface area contributed by atoms with Crippen LogP contribution in [0.25, 0.3) is 11.3 Å². The largest absolute Gasteiger partial charge is 0.301 e. The molecule has 0 fully saturated rings. The maximum absolute atomic E-state index is 13.5. The third-order valence-electron chi connectivity index (χ3n) is 3.09.